The quantitative estimate of drug-likeness (QED) is 0.819. The van der Waals surface area contributed by atoms with Crippen LogP contribution in [0.5, 0.6) is 0 Å². The molecule has 3 fully saturated rings. The van der Waals surface area contributed by atoms with Crippen molar-refractivity contribution in [2.24, 2.45) is 0 Å². The van der Waals surface area contributed by atoms with Gasteiger partial charge in [0.1, 0.15) is 0 Å². The zero-order chi connectivity index (χ0) is 16.5. The summed E-state index contributed by atoms with van der Waals surface area (Å²) in [5.41, 5.74) is -0.280. The predicted molar refractivity (Wildman–Crippen MR) is 86.7 cm³/mol. The minimum atomic E-state index is -3.20. The summed E-state index contributed by atoms with van der Waals surface area (Å²) in [7, 11) is -3.20. The summed E-state index contributed by atoms with van der Waals surface area (Å²) >= 11 is 0. The zero-order valence-electron chi connectivity index (χ0n) is 13.8. The Hall–Kier alpha value is -0.860. The largest absolute Gasteiger partial charge is 0.368 e. The van der Waals surface area contributed by atoms with Gasteiger partial charge in [-0.25, -0.2) is 17.9 Å². The molecular weight excluding hydrogens is 318 g/mol. The number of rotatable bonds is 3. The van der Waals surface area contributed by atoms with E-state index in [2.05, 4.69) is 4.72 Å². The molecule has 0 saturated carbocycles. The Bertz CT molecular complexity index is 547. The van der Waals surface area contributed by atoms with E-state index in [-0.39, 0.29) is 17.7 Å². The van der Waals surface area contributed by atoms with Crippen molar-refractivity contribution in [3.05, 3.63) is 0 Å². The number of nitrogens with one attached hydrogen (secondary N) is 1. The van der Waals surface area contributed by atoms with Crippen molar-refractivity contribution in [3.8, 4) is 0 Å². The van der Waals surface area contributed by atoms with Crippen LogP contribution in [0, 0.1) is 0 Å². The maximum Gasteiger partial charge on any atom is 0.320 e. The van der Waals surface area contributed by atoms with Crippen molar-refractivity contribution in [1.29, 1.82) is 0 Å². The standard InChI is InChI=1S/C15H27N3O4S/c1-23(20,21)16-11-13-5-4-6-15(22-13)7-10-18(12-15)14(19)17-8-2-3-9-17/h13,16H,2-12H2,1H3/t13-,15-/m1/s1. The normalized spacial score (nSPS) is 32.0. The first kappa shape index (κ1) is 17.0. The highest BCUT2D eigenvalue weighted by atomic mass is 32.2. The van der Waals surface area contributed by atoms with Crippen LogP contribution >= 0.6 is 0 Å². The molecule has 3 saturated heterocycles. The van der Waals surface area contributed by atoms with Gasteiger partial charge in [-0.2, -0.15) is 0 Å². The summed E-state index contributed by atoms with van der Waals surface area (Å²) in [5, 5.41) is 0. The van der Waals surface area contributed by atoms with Crippen LogP contribution in [-0.2, 0) is 14.8 Å². The Morgan fingerprint density at radius 3 is 2.61 bits per heavy atom. The highest BCUT2D eigenvalue weighted by Crippen LogP contribution is 2.37. The maximum absolute atomic E-state index is 12.5. The van der Waals surface area contributed by atoms with E-state index >= 15 is 0 Å². The maximum atomic E-state index is 12.5. The first-order chi connectivity index (χ1) is 10.9. The zero-order valence-corrected chi connectivity index (χ0v) is 14.6. The summed E-state index contributed by atoms with van der Waals surface area (Å²) in [6.45, 7) is 3.42. The predicted octanol–water partition coefficient (Wildman–Crippen LogP) is 0.765. The van der Waals surface area contributed by atoms with E-state index in [9.17, 15) is 13.2 Å². The summed E-state index contributed by atoms with van der Waals surface area (Å²) in [6.07, 6.45) is 6.94. The van der Waals surface area contributed by atoms with E-state index < -0.39 is 10.0 Å². The van der Waals surface area contributed by atoms with Crippen molar-refractivity contribution in [2.45, 2.75) is 50.2 Å². The number of sulfonamides is 1. The topological polar surface area (TPSA) is 79.0 Å². The van der Waals surface area contributed by atoms with Crippen LogP contribution in [0.25, 0.3) is 0 Å². The molecule has 2 amide bonds. The molecule has 3 aliphatic heterocycles. The van der Waals surface area contributed by atoms with E-state index in [4.69, 9.17) is 4.74 Å². The second kappa shape index (κ2) is 6.57. The van der Waals surface area contributed by atoms with Gasteiger partial charge in [0.2, 0.25) is 10.0 Å². The number of urea groups is 1. The van der Waals surface area contributed by atoms with Crippen molar-refractivity contribution in [2.75, 3.05) is 39.0 Å². The van der Waals surface area contributed by atoms with Crippen LogP contribution in [-0.4, -0.2) is 74.9 Å². The molecule has 23 heavy (non-hydrogen) atoms. The van der Waals surface area contributed by atoms with Gasteiger partial charge in [-0.1, -0.05) is 0 Å². The summed E-state index contributed by atoms with van der Waals surface area (Å²) in [6, 6.07) is 0.138. The van der Waals surface area contributed by atoms with Gasteiger partial charge in [-0.3, -0.25) is 0 Å². The molecule has 0 radical (unpaired) electrons. The minimum Gasteiger partial charge on any atom is -0.368 e. The molecule has 0 aliphatic carbocycles. The average Bonchev–Trinajstić information content (AvgIpc) is 3.14. The number of ether oxygens (including phenoxy) is 1. The van der Waals surface area contributed by atoms with Crippen LogP contribution in [0.3, 0.4) is 0 Å². The van der Waals surface area contributed by atoms with Gasteiger partial charge in [0.15, 0.2) is 0 Å². The van der Waals surface area contributed by atoms with Gasteiger partial charge < -0.3 is 14.5 Å². The van der Waals surface area contributed by atoms with Crippen molar-refractivity contribution in [1.82, 2.24) is 14.5 Å². The molecule has 7 nitrogen and oxygen atoms in total. The van der Waals surface area contributed by atoms with Crippen LogP contribution in [0.1, 0.15) is 38.5 Å². The fourth-order valence-corrected chi connectivity index (χ4v) is 4.42. The van der Waals surface area contributed by atoms with E-state index in [1.54, 1.807) is 0 Å². The number of nitrogens with zero attached hydrogens (tertiary/aromatic N) is 2. The van der Waals surface area contributed by atoms with Crippen LogP contribution in [0.4, 0.5) is 4.79 Å². The summed E-state index contributed by atoms with van der Waals surface area (Å²) in [5.74, 6) is 0. The lowest BCUT2D eigenvalue weighted by Gasteiger charge is -2.38. The second-order valence-electron chi connectivity index (χ2n) is 7.08. The molecule has 3 aliphatic rings. The van der Waals surface area contributed by atoms with Gasteiger partial charge >= 0.3 is 6.03 Å². The van der Waals surface area contributed by atoms with E-state index in [1.807, 2.05) is 9.80 Å². The van der Waals surface area contributed by atoms with Gasteiger partial charge in [0.25, 0.3) is 0 Å². The first-order valence-corrected chi connectivity index (χ1v) is 10.4. The molecule has 0 aromatic carbocycles. The van der Waals surface area contributed by atoms with Crippen LogP contribution < -0.4 is 4.72 Å². The molecule has 0 unspecified atom stereocenters. The van der Waals surface area contributed by atoms with Gasteiger partial charge in [-0.05, 0) is 38.5 Å². The lowest BCUT2D eigenvalue weighted by molar-refractivity contribution is -0.116. The van der Waals surface area contributed by atoms with E-state index in [0.29, 0.717) is 13.1 Å². The molecule has 3 rings (SSSR count). The summed E-state index contributed by atoms with van der Waals surface area (Å²) < 4.78 is 31.3. The Labute approximate surface area is 138 Å². The van der Waals surface area contributed by atoms with Crippen molar-refractivity contribution < 1.29 is 17.9 Å². The Morgan fingerprint density at radius 1 is 1.17 bits per heavy atom. The monoisotopic (exact) mass is 345 g/mol. The second-order valence-corrected chi connectivity index (χ2v) is 8.92. The molecule has 1 spiro atoms. The lowest BCUT2D eigenvalue weighted by Crippen LogP contribution is -2.48. The Kier molecular flexibility index (Phi) is 4.85. The molecule has 0 bridgehead atoms. The highest BCUT2D eigenvalue weighted by Gasteiger charge is 2.45. The molecule has 8 heteroatoms. The van der Waals surface area contributed by atoms with Gasteiger partial charge in [0, 0.05) is 26.2 Å². The van der Waals surface area contributed by atoms with Gasteiger partial charge in [-0.15, -0.1) is 0 Å². The molecule has 0 aromatic heterocycles. The number of likely N-dealkylation sites (tertiary alicyclic amines) is 2. The minimum absolute atomic E-state index is 0.0969. The number of amides is 2. The average molecular weight is 345 g/mol. The highest BCUT2D eigenvalue weighted by molar-refractivity contribution is 7.88. The third-order valence-corrected chi connectivity index (χ3v) is 5.80. The number of carbonyl (C=O) groups excluding carboxylic acids is 1. The Balaban J connectivity index is 1.56. The van der Waals surface area contributed by atoms with Crippen molar-refractivity contribution in [3.63, 3.8) is 0 Å². The number of carbonyl (C=O) groups is 1. The molecule has 2 atom stereocenters. The third-order valence-electron chi connectivity index (χ3n) is 5.11. The SMILES string of the molecule is CS(=O)(=O)NC[C@H]1CCC[C@]2(CCN(C(=O)N3CCCC3)C2)O1. The molecule has 3 heterocycles. The van der Waals surface area contributed by atoms with E-state index in [1.165, 1.54) is 0 Å². The molecule has 1 N–H and O–H groups in total. The van der Waals surface area contributed by atoms with Crippen LogP contribution in [0.15, 0.2) is 0 Å². The van der Waals surface area contributed by atoms with Gasteiger partial charge in [0.05, 0.1) is 24.5 Å². The molecular formula is C15H27N3O4S. The molecule has 0 aromatic rings. The molecule has 132 valence electrons. The van der Waals surface area contributed by atoms with Crippen molar-refractivity contribution >= 4 is 16.1 Å². The fraction of sp³-hybridized carbons (Fsp3) is 0.933. The summed E-state index contributed by atoms with van der Waals surface area (Å²) in [4.78, 5) is 16.4. The smallest absolute Gasteiger partial charge is 0.320 e. The fourth-order valence-electron chi connectivity index (χ4n) is 3.93. The number of hydrogen-bond acceptors (Lipinski definition) is 4. The van der Waals surface area contributed by atoms with E-state index in [0.717, 1.165) is 64.4 Å². The first-order valence-electron chi connectivity index (χ1n) is 8.53. The number of hydrogen-bond donors (Lipinski definition) is 1. The third kappa shape index (κ3) is 4.16. The Morgan fingerprint density at radius 2 is 1.91 bits per heavy atom. The lowest BCUT2D eigenvalue weighted by atomic mass is 9.90. The van der Waals surface area contributed by atoms with Crippen LogP contribution in [0.2, 0.25) is 0 Å².